The van der Waals surface area contributed by atoms with E-state index >= 15 is 0 Å². The van der Waals surface area contributed by atoms with Crippen molar-refractivity contribution in [1.82, 2.24) is 4.98 Å². The second kappa shape index (κ2) is 5.83. The Labute approximate surface area is 124 Å². The first-order chi connectivity index (χ1) is 10.3. The minimum absolute atomic E-state index is 0.124. The molecule has 21 heavy (non-hydrogen) atoms. The van der Waals surface area contributed by atoms with Crippen LogP contribution >= 0.6 is 0 Å². The number of para-hydroxylation sites is 1. The summed E-state index contributed by atoms with van der Waals surface area (Å²) in [4.78, 5) is 17.5. The van der Waals surface area contributed by atoms with Gasteiger partial charge in [-0.05, 0) is 48.2 Å². The average molecular weight is 278 g/mol. The number of likely N-dealkylation sites (N-methyl/N-ethyl adjacent to an activating group) is 1. The molecule has 106 valence electrons. The van der Waals surface area contributed by atoms with E-state index in [0.717, 1.165) is 22.2 Å². The number of nitrogens with one attached hydrogen (secondary N) is 1. The van der Waals surface area contributed by atoms with Crippen LogP contribution in [0, 0.1) is 0 Å². The van der Waals surface area contributed by atoms with E-state index in [1.54, 1.807) is 0 Å². The van der Waals surface area contributed by atoms with Gasteiger partial charge in [-0.25, -0.2) is 0 Å². The Balaban J connectivity index is 1.81. The third kappa shape index (κ3) is 2.82. The van der Waals surface area contributed by atoms with Gasteiger partial charge in [-0.3, -0.25) is 4.79 Å². The molecule has 0 bridgehead atoms. The predicted molar refractivity (Wildman–Crippen MR) is 86.5 cm³/mol. The van der Waals surface area contributed by atoms with Crippen molar-refractivity contribution < 1.29 is 4.79 Å². The van der Waals surface area contributed by atoms with E-state index in [4.69, 9.17) is 0 Å². The van der Waals surface area contributed by atoms with Crippen molar-refractivity contribution in [1.29, 1.82) is 0 Å². The van der Waals surface area contributed by atoms with Crippen molar-refractivity contribution in [2.24, 2.45) is 0 Å². The van der Waals surface area contributed by atoms with Crippen molar-refractivity contribution in [2.45, 2.75) is 13.3 Å². The number of carbonyl (C=O) groups excluding carboxylic acids is 1. The number of anilines is 1. The number of rotatable bonds is 4. The van der Waals surface area contributed by atoms with Crippen LogP contribution in [0.25, 0.3) is 10.9 Å². The first-order valence-electron chi connectivity index (χ1n) is 7.19. The number of amides is 1. The van der Waals surface area contributed by atoms with Gasteiger partial charge in [0.05, 0.1) is 6.42 Å². The molecule has 0 saturated carbocycles. The van der Waals surface area contributed by atoms with E-state index < -0.39 is 0 Å². The molecule has 0 unspecified atom stereocenters. The summed E-state index contributed by atoms with van der Waals surface area (Å²) in [6, 6.07) is 17.9. The number of hydrogen-bond donors (Lipinski definition) is 1. The molecule has 3 rings (SSSR count). The fourth-order valence-corrected chi connectivity index (χ4v) is 2.59. The van der Waals surface area contributed by atoms with Crippen LogP contribution in [0.3, 0.4) is 0 Å². The maximum absolute atomic E-state index is 12.5. The fourth-order valence-electron chi connectivity index (χ4n) is 2.59. The molecule has 0 aliphatic carbocycles. The number of nitrogens with zero attached hydrogens (tertiary/aromatic N) is 1. The van der Waals surface area contributed by atoms with Crippen LogP contribution in [-0.2, 0) is 11.2 Å². The third-order valence-corrected chi connectivity index (χ3v) is 3.66. The summed E-state index contributed by atoms with van der Waals surface area (Å²) >= 11 is 0. The van der Waals surface area contributed by atoms with Crippen LogP contribution in [0.2, 0.25) is 0 Å². The van der Waals surface area contributed by atoms with Crippen LogP contribution in [0.15, 0.2) is 60.8 Å². The summed E-state index contributed by atoms with van der Waals surface area (Å²) in [6.45, 7) is 2.68. The van der Waals surface area contributed by atoms with Gasteiger partial charge < -0.3 is 9.88 Å². The van der Waals surface area contributed by atoms with E-state index in [9.17, 15) is 4.79 Å². The lowest BCUT2D eigenvalue weighted by Gasteiger charge is -2.21. The second-order valence-electron chi connectivity index (χ2n) is 5.05. The van der Waals surface area contributed by atoms with Gasteiger partial charge in [-0.2, -0.15) is 0 Å². The molecule has 1 N–H and O–H groups in total. The molecule has 3 aromatic rings. The van der Waals surface area contributed by atoms with E-state index in [1.165, 1.54) is 0 Å². The topological polar surface area (TPSA) is 36.1 Å². The monoisotopic (exact) mass is 278 g/mol. The number of carbonyl (C=O) groups is 1. The Kier molecular flexibility index (Phi) is 3.73. The van der Waals surface area contributed by atoms with Crippen LogP contribution in [0.4, 0.5) is 5.69 Å². The Bertz CT molecular complexity index is 746. The Morgan fingerprint density at radius 3 is 2.67 bits per heavy atom. The minimum atomic E-state index is 0.124. The van der Waals surface area contributed by atoms with Crippen molar-refractivity contribution in [3.63, 3.8) is 0 Å². The molecule has 0 fully saturated rings. The third-order valence-electron chi connectivity index (χ3n) is 3.66. The number of aromatic amines is 1. The highest BCUT2D eigenvalue weighted by Gasteiger charge is 2.14. The summed E-state index contributed by atoms with van der Waals surface area (Å²) in [5, 5.41) is 1.14. The average Bonchev–Trinajstić information content (AvgIpc) is 2.96. The Morgan fingerprint density at radius 1 is 1.10 bits per heavy atom. The van der Waals surface area contributed by atoms with Gasteiger partial charge in [-0.1, -0.05) is 24.3 Å². The molecule has 2 aromatic carbocycles. The molecule has 0 aliphatic rings. The van der Waals surface area contributed by atoms with Crippen LogP contribution in [-0.4, -0.2) is 17.4 Å². The molecular weight excluding hydrogens is 260 g/mol. The highest BCUT2D eigenvalue weighted by molar-refractivity contribution is 5.95. The van der Waals surface area contributed by atoms with E-state index in [1.807, 2.05) is 66.6 Å². The lowest BCUT2D eigenvalue weighted by molar-refractivity contribution is -0.117. The number of hydrogen-bond acceptors (Lipinski definition) is 1. The smallest absolute Gasteiger partial charge is 0.231 e. The molecule has 0 radical (unpaired) electrons. The molecule has 0 aliphatic heterocycles. The predicted octanol–water partition coefficient (Wildman–Crippen LogP) is 3.76. The maximum atomic E-state index is 12.5. The van der Waals surface area contributed by atoms with Crippen LogP contribution < -0.4 is 4.90 Å². The van der Waals surface area contributed by atoms with Crippen molar-refractivity contribution in [3.05, 3.63) is 66.4 Å². The van der Waals surface area contributed by atoms with Crippen LogP contribution in [0.5, 0.6) is 0 Å². The van der Waals surface area contributed by atoms with Gasteiger partial charge in [0.2, 0.25) is 5.91 Å². The molecule has 0 atom stereocenters. The van der Waals surface area contributed by atoms with Gasteiger partial charge in [-0.15, -0.1) is 0 Å². The summed E-state index contributed by atoms with van der Waals surface area (Å²) in [7, 11) is 0. The normalized spacial score (nSPS) is 10.7. The largest absolute Gasteiger partial charge is 0.361 e. The zero-order valence-corrected chi connectivity index (χ0v) is 12.0. The summed E-state index contributed by atoms with van der Waals surface area (Å²) in [5.41, 5.74) is 3.09. The van der Waals surface area contributed by atoms with Gasteiger partial charge in [0, 0.05) is 23.9 Å². The fraction of sp³-hybridized carbons (Fsp3) is 0.167. The molecule has 3 heteroatoms. The lowest BCUT2D eigenvalue weighted by Crippen LogP contribution is -2.31. The second-order valence-corrected chi connectivity index (χ2v) is 5.05. The molecule has 1 heterocycles. The molecule has 1 aromatic heterocycles. The highest BCUT2D eigenvalue weighted by Crippen LogP contribution is 2.18. The number of H-pyrrole nitrogens is 1. The first kappa shape index (κ1) is 13.4. The van der Waals surface area contributed by atoms with Gasteiger partial charge in [0.15, 0.2) is 0 Å². The SMILES string of the molecule is CCN(C(=O)Cc1ccc2[nH]ccc2c1)c1ccccc1. The Morgan fingerprint density at radius 2 is 1.90 bits per heavy atom. The highest BCUT2D eigenvalue weighted by atomic mass is 16.2. The standard InChI is InChI=1S/C18H18N2O/c1-2-20(16-6-4-3-5-7-16)18(21)13-14-8-9-17-15(12-14)10-11-19-17/h3-12,19H,2,13H2,1H3. The van der Waals surface area contributed by atoms with Crippen molar-refractivity contribution >= 4 is 22.5 Å². The molecular formula is C18H18N2O. The summed E-state index contributed by atoms with van der Waals surface area (Å²) < 4.78 is 0. The zero-order valence-electron chi connectivity index (χ0n) is 12.0. The minimum Gasteiger partial charge on any atom is -0.361 e. The van der Waals surface area contributed by atoms with Gasteiger partial charge in [0.1, 0.15) is 0 Å². The molecule has 0 saturated heterocycles. The van der Waals surface area contributed by atoms with Gasteiger partial charge >= 0.3 is 0 Å². The van der Waals surface area contributed by atoms with E-state index in [2.05, 4.69) is 11.1 Å². The number of benzene rings is 2. The first-order valence-corrected chi connectivity index (χ1v) is 7.19. The van der Waals surface area contributed by atoms with Crippen molar-refractivity contribution in [3.8, 4) is 0 Å². The Hall–Kier alpha value is -2.55. The number of fused-ring (bicyclic) bond motifs is 1. The maximum Gasteiger partial charge on any atom is 0.231 e. The quantitative estimate of drug-likeness (QED) is 0.775. The summed E-state index contributed by atoms with van der Waals surface area (Å²) in [6.07, 6.45) is 2.34. The summed E-state index contributed by atoms with van der Waals surface area (Å²) in [5.74, 6) is 0.124. The van der Waals surface area contributed by atoms with Crippen molar-refractivity contribution in [2.75, 3.05) is 11.4 Å². The molecule has 3 nitrogen and oxygen atoms in total. The lowest BCUT2D eigenvalue weighted by atomic mass is 10.1. The molecule has 1 amide bonds. The van der Waals surface area contributed by atoms with Gasteiger partial charge in [0.25, 0.3) is 0 Å². The number of aromatic nitrogens is 1. The van der Waals surface area contributed by atoms with E-state index in [0.29, 0.717) is 13.0 Å². The molecule has 0 spiro atoms. The van der Waals surface area contributed by atoms with E-state index in [-0.39, 0.29) is 5.91 Å². The zero-order chi connectivity index (χ0) is 14.7. The van der Waals surface area contributed by atoms with Crippen LogP contribution in [0.1, 0.15) is 12.5 Å².